The van der Waals surface area contributed by atoms with E-state index in [2.05, 4.69) is 33.3 Å². The number of rotatable bonds is 2. The standard InChI is InChI=1S/C7H5BrF2OS/c8-5-2-1-4(3-6(5)12)11-7(9)10/h1-3,7,12H. The molecular formula is C7H5BrF2OS. The predicted octanol–water partition coefficient (Wildman–Crippen LogP) is 3.34. The second-order valence-electron chi connectivity index (χ2n) is 1.99. The molecule has 1 aromatic rings. The molecule has 1 aromatic carbocycles. The summed E-state index contributed by atoms with van der Waals surface area (Å²) in [5.41, 5.74) is 0. The highest BCUT2D eigenvalue weighted by Crippen LogP contribution is 2.25. The molecule has 0 unspecified atom stereocenters. The summed E-state index contributed by atoms with van der Waals surface area (Å²) < 4.78 is 28.3. The Morgan fingerprint density at radius 2 is 2.08 bits per heavy atom. The Labute approximate surface area is 82.3 Å². The molecule has 0 saturated carbocycles. The second kappa shape index (κ2) is 4.09. The van der Waals surface area contributed by atoms with Crippen molar-refractivity contribution in [1.29, 1.82) is 0 Å². The van der Waals surface area contributed by atoms with E-state index in [1.165, 1.54) is 12.1 Å². The average molecular weight is 255 g/mol. The Kier molecular flexibility index (Phi) is 3.34. The molecule has 0 heterocycles. The minimum Gasteiger partial charge on any atom is -0.435 e. The summed E-state index contributed by atoms with van der Waals surface area (Å²) in [4.78, 5) is 0.563. The first-order valence-corrected chi connectivity index (χ1v) is 4.27. The summed E-state index contributed by atoms with van der Waals surface area (Å²) in [6.07, 6.45) is 0. The molecule has 0 aliphatic rings. The molecule has 0 bridgehead atoms. The van der Waals surface area contributed by atoms with Crippen molar-refractivity contribution < 1.29 is 13.5 Å². The third-order valence-electron chi connectivity index (χ3n) is 1.14. The van der Waals surface area contributed by atoms with Gasteiger partial charge in [0.25, 0.3) is 0 Å². The molecule has 0 saturated heterocycles. The summed E-state index contributed by atoms with van der Waals surface area (Å²) in [7, 11) is 0. The van der Waals surface area contributed by atoms with Gasteiger partial charge in [-0.05, 0) is 34.1 Å². The molecule has 0 aliphatic heterocycles. The van der Waals surface area contributed by atoms with Crippen molar-refractivity contribution in [3.8, 4) is 5.75 Å². The Morgan fingerprint density at radius 1 is 1.42 bits per heavy atom. The lowest BCUT2D eigenvalue weighted by Crippen LogP contribution is -2.01. The SMILES string of the molecule is FC(F)Oc1ccc(Br)c(S)c1. The van der Waals surface area contributed by atoms with Crippen molar-refractivity contribution in [3.63, 3.8) is 0 Å². The highest BCUT2D eigenvalue weighted by Gasteiger charge is 2.04. The smallest absolute Gasteiger partial charge is 0.387 e. The van der Waals surface area contributed by atoms with Crippen LogP contribution in [0.4, 0.5) is 8.78 Å². The van der Waals surface area contributed by atoms with E-state index < -0.39 is 6.61 Å². The van der Waals surface area contributed by atoms with Crippen LogP contribution >= 0.6 is 28.6 Å². The summed E-state index contributed by atoms with van der Waals surface area (Å²) in [5, 5.41) is 0. The highest BCUT2D eigenvalue weighted by atomic mass is 79.9. The lowest BCUT2D eigenvalue weighted by Gasteiger charge is -2.04. The number of halogens is 3. The predicted molar refractivity (Wildman–Crippen MR) is 48.0 cm³/mol. The number of hydrogen-bond donors (Lipinski definition) is 1. The fraction of sp³-hybridized carbons (Fsp3) is 0.143. The van der Waals surface area contributed by atoms with E-state index in [4.69, 9.17) is 0 Å². The largest absolute Gasteiger partial charge is 0.435 e. The van der Waals surface area contributed by atoms with Gasteiger partial charge in [0.05, 0.1) is 0 Å². The third kappa shape index (κ3) is 2.64. The Bertz CT molecular complexity index is 280. The van der Waals surface area contributed by atoms with E-state index in [0.717, 1.165) is 4.47 Å². The molecule has 0 spiro atoms. The zero-order valence-corrected chi connectivity index (χ0v) is 8.28. The molecular weight excluding hydrogens is 250 g/mol. The lowest BCUT2D eigenvalue weighted by molar-refractivity contribution is -0.0499. The fourth-order valence-electron chi connectivity index (χ4n) is 0.669. The van der Waals surface area contributed by atoms with E-state index in [-0.39, 0.29) is 5.75 Å². The van der Waals surface area contributed by atoms with Gasteiger partial charge in [0, 0.05) is 9.37 Å². The minimum atomic E-state index is -2.79. The first kappa shape index (κ1) is 9.80. The molecule has 0 fully saturated rings. The lowest BCUT2D eigenvalue weighted by atomic mass is 10.3. The minimum absolute atomic E-state index is 0.109. The Hall–Kier alpha value is -0.290. The molecule has 0 amide bonds. The second-order valence-corrected chi connectivity index (χ2v) is 3.33. The van der Waals surface area contributed by atoms with Gasteiger partial charge in [-0.3, -0.25) is 0 Å². The summed E-state index contributed by atoms with van der Waals surface area (Å²) in [6.45, 7) is -2.79. The molecule has 0 radical (unpaired) electrons. The molecule has 0 aliphatic carbocycles. The summed E-state index contributed by atoms with van der Waals surface area (Å²) >= 11 is 7.19. The monoisotopic (exact) mass is 254 g/mol. The van der Waals surface area contributed by atoms with Gasteiger partial charge in [-0.25, -0.2) is 0 Å². The van der Waals surface area contributed by atoms with Crippen molar-refractivity contribution >= 4 is 28.6 Å². The van der Waals surface area contributed by atoms with Crippen LogP contribution in [0.15, 0.2) is 27.6 Å². The van der Waals surface area contributed by atoms with Crippen LogP contribution in [0.3, 0.4) is 0 Å². The van der Waals surface area contributed by atoms with Gasteiger partial charge in [-0.15, -0.1) is 12.6 Å². The number of benzene rings is 1. The number of hydrogen-bond acceptors (Lipinski definition) is 2. The maximum absolute atomic E-state index is 11.7. The van der Waals surface area contributed by atoms with Crippen LogP contribution in [-0.4, -0.2) is 6.61 Å². The molecule has 0 N–H and O–H groups in total. The van der Waals surface area contributed by atoms with E-state index in [0.29, 0.717) is 4.90 Å². The van der Waals surface area contributed by atoms with Crippen LogP contribution in [0.25, 0.3) is 0 Å². The number of alkyl halides is 2. The fourth-order valence-corrected chi connectivity index (χ4v) is 1.12. The van der Waals surface area contributed by atoms with Crippen LogP contribution in [0.1, 0.15) is 0 Å². The van der Waals surface area contributed by atoms with Crippen LogP contribution in [-0.2, 0) is 0 Å². The van der Waals surface area contributed by atoms with Crippen LogP contribution in [0.2, 0.25) is 0 Å². The number of thiol groups is 1. The molecule has 1 rings (SSSR count). The normalized spacial score (nSPS) is 10.4. The van der Waals surface area contributed by atoms with Crippen LogP contribution in [0, 0.1) is 0 Å². The van der Waals surface area contributed by atoms with Crippen LogP contribution in [0.5, 0.6) is 5.75 Å². The first-order chi connectivity index (χ1) is 5.59. The van der Waals surface area contributed by atoms with Crippen molar-refractivity contribution in [2.75, 3.05) is 0 Å². The van der Waals surface area contributed by atoms with Gasteiger partial charge in [0.1, 0.15) is 5.75 Å². The topological polar surface area (TPSA) is 9.23 Å². The molecule has 66 valence electrons. The summed E-state index contributed by atoms with van der Waals surface area (Å²) in [5.74, 6) is 0.109. The molecule has 12 heavy (non-hydrogen) atoms. The van der Waals surface area contributed by atoms with Gasteiger partial charge < -0.3 is 4.74 Å². The first-order valence-electron chi connectivity index (χ1n) is 3.03. The van der Waals surface area contributed by atoms with Gasteiger partial charge in [0.15, 0.2) is 0 Å². The van der Waals surface area contributed by atoms with E-state index in [9.17, 15) is 8.78 Å². The Balaban J connectivity index is 2.82. The van der Waals surface area contributed by atoms with E-state index in [1.54, 1.807) is 6.07 Å². The van der Waals surface area contributed by atoms with Crippen molar-refractivity contribution in [2.24, 2.45) is 0 Å². The zero-order chi connectivity index (χ0) is 9.14. The van der Waals surface area contributed by atoms with E-state index in [1.807, 2.05) is 0 Å². The maximum Gasteiger partial charge on any atom is 0.387 e. The average Bonchev–Trinajstić information content (AvgIpc) is 1.96. The zero-order valence-electron chi connectivity index (χ0n) is 5.80. The van der Waals surface area contributed by atoms with E-state index >= 15 is 0 Å². The number of ether oxygens (including phenoxy) is 1. The highest BCUT2D eigenvalue weighted by molar-refractivity contribution is 9.10. The maximum atomic E-state index is 11.7. The quantitative estimate of drug-likeness (QED) is 0.797. The van der Waals surface area contributed by atoms with Crippen molar-refractivity contribution in [3.05, 3.63) is 22.7 Å². The van der Waals surface area contributed by atoms with Crippen molar-refractivity contribution in [1.82, 2.24) is 0 Å². The van der Waals surface area contributed by atoms with Crippen molar-refractivity contribution in [2.45, 2.75) is 11.5 Å². The van der Waals surface area contributed by atoms with Gasteiger partial charge in [-0.1, -0.05) is 0 Å². The van der Waals surface area contributed by atoms with Crippen LogP contribution < -0.4 is 4.74 Å². The molecule has 5 heteroatoms. The van der Waals surface area contributed by atoms with Gasteiger partial charge in [0.2, 0.25) is 0 Å². The molecule has 1 nitrogen and oxygen atoms in total. The van der Waals surface area contributed by atoms with Gasteiger partial charge in [-0.2, -0.15) is 8.78 Å². The summed E-state index contributed by atoms with van der Waals surface area (Å²) in [6, 6.07) is 4.45. The molecule has 0 aromatic heterocycles. The molecule has 0 atom stereocenters. The van der Waals surface area contributed by atoms with Gasteiger partial charge >= 0.3 is 6.61 Å². The third-order valence-corrected chi connectivity index (χ3v) is 2.51. The Morgan fingerprint density at radius 3 is 2.58 bits per heavy atom.